The van der Waals surface area contributed by atoms with Crippen LogP contribution in [-0.4, -0.2) is 36.3 Å². The van der Waals surface area contributed by atoms with E-state index in [2.05, 4.69) is 37.8 Å². The first kappa shape index (κ1) is 15.3. The molecule has 0 aliphatic carbocycles. The predicted octanol–water partition coefficient (Wildman–Crippen LogP) is 3.46. The molecular weight excluding hydrogens is 230 g/mol. The highest BCUT2D eigenvalue weighted by atomic mass is 32.2. The molecule has 0 saturated carbocycles. The molecule has 0 amide bonds. The molecule has 1 fully saturated rings. The fourth-order valence-corrected chi connectivity index (χ4v) is 3.54. The Balaban J connectivity index is 2.01. The van der Waals surface area contributed by atoms with Gasteiger partial charge in [0.25, 0.3) is 0 Å². The van der Waals surface area contributed by atoms with Crippen LogP contribution in [0.2, 0.25) is 0 Å². The molecule has 3 atom stereocenters. The van der Waals surface area contributed by atoms with Gasteiger partial charge in [0, 0.05) is 17.9 Å². The van der Waals surface area contributed by atoms with Crippen molar-refractivity contribution in [3.8, 4) is 0 Å². The summed E-state index contributed by atoms with van der Waals surface area (Å²) >= 11 is 2.12. The van der Waals surface area contributed by atoms with E-state index in [1.807, 2.05) is 0 Å². The fourth-order valence-electron chi connectivity index (χ4n) is 2.29. The lowest BCUT2D eigenvalue weighted by Crippen LogP contribution is -2.29. The Morgan fingerprint density at radius 1 is 1.41 bits per heavy atom. The molecule has 0 aromatic heterocycles. The van der Waals surface area contributed by atoms with Crippen molar-refractivity contribution in [2.24, 2.45) is 0 Å². The van der Waals surface area contributed by atoms with Crippen LogP contribution in [0.3, 0.4) is 0 Å². The molecule has 0 aromatic carbocycles. The Morgan fingerprint density at radius 3 is 2.82 bits per heavy atom. The van der Waals surface area contributed by atoms with E-state index in [0.29, 0.717) is 6.10 Å². The monoisotopic (exact) mass is 259 g/mol. The molecule has 3 heteroatoms. The highest BCUT2D eigenvalue weighted by molar-refractivity contribution is 7.99. The summed E-state index contributed by atoms with van der Waals surface area (Å²) in [7, 11) is 0. The quantitative estimate of drug-likeness (QED) is 0.641. The second-order valence-electron chi connectivity index (χ2n) is 4.98. The summed E-state index contributed by atoms with van der Waals surface area (Å²) < 4.78 is 5.58. The summed E-state index contributed by atoms with van der Waals surface area (Å²) in [6.07, 6.45) is 6.88. The number of thioether (sulfide) groups is 1. The number of rotatable bonds is 9. The minimum atomic E-state index is 0.472. The third-order valence-corrected chi connectivity index (χ3v) is 5.08. The number of nitrogens with one attached hydrogen (secondary N) is 1. The molecule has 17 heavy (non-hydrogen) atoms. The van der Waals surface area contributed by atoms with Crippen LogP contribution in [0.25, 0.3) is 0 Å². The van der Waals surface area contributed by atoms with Crippen molar-refractivity contribution in [2.75, 3.05) is 18.9 Å². The molecule has 0 radical (unpaired) electrons. The molecule has 1 rings (SSSR count). The van der Waals surface area contributed by atoms with Crippen molar-refractivity contribution in [3.05, 3.63) is 0 Å². The highest BCUT2D eigenvalue weighted by Gasteiger charge is 2.23. The van der Waals surface area contributed by atoms with Crippen molar-refractivity contribution in [1.82, 2.24) is 5.32 Å². The molecule has 0 aromatic rings. The summed E-state index contributed by atoms with van der Waals surface area (Å²) in [6, 6.07) is 0.729. The summed E-state index contributed by atoms with van der Waals surface area (Å²) in [5.41, 5.74) is 0. The topological polar surface area (TPSA) is 21.3 Å². The second-order valence-corrected chi connectivity index (χ2v) is 6.32. The van der Waals surface area contributed by atoms with Crippen LogP contribution in [0.4, 0.5) is 0 Å². The molecule has 2 nitrogen and oxygen atoms in total. The van der Waals surface area contributed by atoms with Crippen LogP contribution >= 0.6 is 11.8 Å². The third kappa shape index (κ3) is 6.12. The van der Waals surface area contributed by atoms with E-state index < -0.39 is 0 Å². The van der Waals surface area contributed by atoms with Gasteiger partial charge in [0.1, 0.15) is 0 Å². The average Bonchev–Trinajstić information content (AvgIpc) is 2.74. The average molecular weight is 259 g/mol. The molecule has 1 N–H and O–H groups in total. The van der Waals surface area contributed by atoms with Crippen LogP contribution in [0.5, 0.6) is 0 Å². The first-order chi connectivity index (χ1) is 8.27. The summed E-state index contributed by atoms with van der Waals surface area (Å²) in [6.45, 7) is 8.86. The van der Waals surface area contributed by atoms with Gasteiger partial charge in [-0.25, -0.2) is 0 Å². The van der Waals surface area contributed by atoms with Crippen molar-refractivity contribution >= 4 is 11.8 Å². The zero-order valence-electron chi connectivity index (χ0n) is 11.7. The van der Waals surface area contributed by atoms with Crippen LogP contribution in [-0.2, 0) is 4.74 Å². The molecule has 1 aliphatic rings. The number of hydrogen-bond acceptors (Lipinski definition) is 3. The Kier molecular flexibility index (Phi) is 8.33. The van der Waals surface area contributed by atoms with Crippen LogP contribution in [0.15, 0.2) is 0 Å². The minimum absolute atomic E-state index is 0.472. The van der Waals surface area contributed by atoms with E-state index in [1.165, 1.54) is 44.4 Å². The van der Waals surface area contributed by atoms with Crippen molar-refractivity contribution < 1.29 is 4.74 Å². The second kappa shape index (κ2) is 9.23. The SMILES string of the molecule is CCCNC(CC)CCCSC1CCOC1C. The van der Waals surface area contributed by atoms with E-state index in [4.69, 9.17) is 4.74 Å². The van der Waals surface area contributed by atoms with Crippen LogP contribution in [0.1, 0.15) is 52.9 Å². The minimum Gasteiger partial charge on any atom is -0.377 e. The van der Waals surface area contributed by atoms with Crippen LogP contribution in [0, 0.1) is 0 Å². The Bertz CT molecular complexity index is 189. The van der Waals surface area contributed by atoms with Gasteiger partial charge in [0.05, 0.1) is 6.10 Å². The first-order valence-electron chi connectivity index (χ1n) is 7.24. The molecule has 102 valence electrons. The molecule has 0 spiro atoms. The molecular formula is C14H29NOS. The van der Waals surface area contributed by atoms with Crippen LogP contribution < -0.4 is 5.32 Å². The van der Waals surface area contributed by atoms with Crippen molar-refractivity contribution in [3.63, 3.8) is 0 Å². The Labute approximate surface area is 111 Å². The van der Waals surface area contributed by atoms with Gasteiger partial charge < -0.3 is 10.1 Å². The third-order valence-electron chi connectivity index (χ3n) is 3.51. The fraction of sp³-hybridized carbons (Fsp3) is 1.00. The van der Waals surface area contributed by atoms with Crippen molar-refractivity contribution in [2.45, 2.75) is 70.3 Å². The lowest BCUT2D eigenvalue weighted by atomic mass is 10.1. The molecule has 3 unspecified atom stereocenters. The molecule has 1 heterocycles. The normalized spacial score (nSPS) is 26.3. The maximum atomic E-state index is 5.58. The lowest BCUT2D eigenvalue weighted by molar-refractivity contribution is 0.127. The molecule has 1 aliphatic heterocycles. The highest BCUT2D eigenvalue weighted by Crippen LogP contribution is 2.27. The standard InChI is InChI=1S/C14H29NOS/c1-4-9-15-13(5-2)7-6-11-17-14-8-10-16-12(14)3/h12-15H,4-11H2,1-3H3. The van der Waals surface area contributed by atoms with E-state index >= 15 is 0 Å². The van der Waals surface area contributed by atoms with Gasteiger partial charge >= 0.3 is 0 Å². The van der Waals surface area contributed by atoms with Gasteiger partial charge in [-0.3, -0.25) is 0 Å². The van der Waals surface area contributed by atoms with E-state index in [-0.39, 0.29) is 0 Å². The van der Waals surface area contributed by atoms with Gasteiger partial charge in [0.2, 0.25) is 0 Å². The zero-order chi connectivity index (χ0) is 12.5. The van der Waals surface area contributed by atoms with E-state index in [9.17, 15) is 0 Å². The maximum Gasteiger partial charge on any atom is 0.0666 e. The van der Waals surface area contributed by atoms with Gasteiger partial charge in [-0.15, -0.1) is 0 Å². The summed E-state index contributed by atoms with van der Waals surface area (Å²) in [4.78, 5) is 0. The summed E-state index contributed by atoms with van der Waals surface area (Å²) in [5.74, 6) is 1.29. The number of hydrogen-bond donors (Lipinski definition) is 1. The molecule has 1 saturated heterocycles. The largest absolute Gasteiger partial charge is 0.377 e. The number of ether oxygens (including phenoxy) is 1. The van der Waals surface area contributed by atoms with E-state index in [0.717, 1.165) is 17.9 Å². The summed E-state index contributed by atoms with van der Waals surface area (Å²) in [5, 5.41) is 4.37. The van der Waals surface area contributed by atoms with Gasteiger partial charge in [-0.2, -0.15) is 11.8 Å². The van der Waals surface area contributed by atoms with E-state index in [1.54, 1.807) is 0 Å². The van der Waals surface area contributed by atoms with Gasteiger partial charge in [0.15, 0.2) is 0 Å². The van der Waals surface area contributed by atoms with Crippen molar-refractivity contribution in [1.29, 1.82) is 0 Å². The smallest absolute Gasteiger partial charge is 0.0666 e. The lowest BCUT2D eigenvalue weighted by Gasteiger charge is -2.17. The molecule has 0 bridgehead atoms. The maximum absolute atomic E-state index is 5.58. The first-order valence-corrected chi connectivity index (χ1v) is 8.29. The Hall–Kier alpha value is 0.270. The van der Waals surface area contributed by atoms with Gasteiger partial charge in [-0.05, 0) is 51.3 Å². The Morgan fingerprint density at radius 2 is 2.24 bits per heavy atom. The zero-order valence-corrected chi connectivity index (χ0v) is 12.5. The van der Waals surface area contributed by atoms with Gasteiger partial charge in [-0.1, -0.05) is 13.8 Å². The predicted molar refractivity (Wildman–Crippen MR) is 77.9 cm³/mol.